The Balaban J connectivity index is 0.00000225. The van der Waals surface area contributed by atoms with E-state index in [0.29, 0.717) is 0 Å². The molecular formula is C16H27ClN6O2. The van der Waals surface area contributed by atoms with Crippen LogP contribution in [0.1, 0.15) is 24.7 Å². The normalized spacial score (nSPS) is 21.0. The van der Waals surface area contributed by atoms with E-state index >= 15 is 0 Å². The average Bonchev–Trinajstić information content (AvgIpc) is 3.25. The van der Waals surface area contributed by atoms with E-state index in [9.17, 15) is 9.59 Å². The largest absolute Gasteiger partial charge is 0.346 e. The van der Waals surface area contributed by atoms with E-state index in [1.165, 1.54) is 0 Å². The monoisotopic (exact) mass is 370 g/mol. The Morgan fingerprint density at radius 3 is 2.76 bits per heavy atom. The van der Waals surface area contributed by atoms with Gasteiger partial charge in [0.2, 0.25) is 11.8 Å². The number of likely N-dealkylation sites (tertiary alicyclic amines) is 1. The van der Waals surface area contributed by atoms with Gasteiger partial charge in [-0.3, -0.25) is 14.5 Å². The molecule has 2 aliphatic heterocycles. The lowest BCUT2D eigenvalue weighted by molar-refractivity contribution is -0.132. The summed E-state index contributed by atoms with van der Waals surface area (Å²) in [6.45, 7) is 4.41. The van der Waals surface area contributed by atoms with Crippen molar-refractivity contribution in [2.75, 3.05) is 45.8 Å². The number of hydrogen-bond acceptors (Lipinski definition) is 5. The highest BCUT2D eigenvalue weighted by Gasteiger charge is 2.28. The molecule has 8 nitrogen and oxygen atoms in total. The number of nitrogens with zero attached hydrogens (tertiary/aromatic N) is 4. The number of piperazine rings is 1. The highest BCUT2D eigenvalue weighted by Crippen LogP contribution is 2.19. The summed E-state index contributed by atoms with van der Waals surface area (Å²) in [6.07, 6.45) is 5.81. The molecule has 1 atom stereocenters. The Labute approximate surface area is 154 Å². The van der Waals surface area contributed by atoms with E-state index in [0.717, 1.165) is 51.4 Å². The van der Waals surface area contributed by atoms with Crippen LogP contribution >= 0.6 is 12.4 Å². The van der Waals surface area contributed by atoms with Gasteiger partial charge in [0.1, 0.15) is 5.82 Å². The van der Waals surface area contributed by atoms with E-state index in [2.05, 4.69) is 20.5 Å². The van der Waals surface area contributed by atoms with Crippen molar-refractivity contribution in [3.05, 3.63) is 18.2 Å². The molecule has 25 heavy (non-hydrogen) atoms. The minimum Gasteiger partial charge on any atom is -0.346 e. The summed E-state index contributed by atoms with van der Waals surface area (Å²) in [5.41, 5.74) is 0. The number of imidazole rings is 1. The second-order valence-electron chi connectivity index (χ2n) is 6.45. The fraction of sp³-hybridized carbons (Fsp3) is 0.688. The first-order chi connectivity index (χ1) is 11.6. The van der Waals surface area contributed by atoms with Crippen molar-refractivity contribution in [1.82, 2.24) is 30.0 Å². The van der Waals surface area contributed by atoms with Crippen LogP contribution in [0.5, 0.6) is 0 Å². The quantitative estimate of drug-likeness (QED) is 0.732. The van der Waals surface area contributed by atoms with Gasteiger partial charge in [0, 0.05) is 52.2 Å². The predicted octanol–water partition coefficient (Wildman–Crippen LogP) is -0.473. The first-order valence-electron chi connectivity index (χ1n) is 8.61. The summed E-state index contributed by atoms with van der Waals surface area (Å²) in [6, 6.07) is 0.0683. The molecule has 1 aromatic rings. The van der Waals surface area contributed by atoms with E-state index in [1.807, 2.05) is 22.7 Å². The van der Waals surface area contributed by atoms with Crippen LogP contribution in [0.15, 0.2) is 12.4 Å². The van der Waals surface area contributed by atoms with Crippen molar-refractivity contribution in [3.63, 3.8) is 0 Å². The molecule has 2 aliphatic rings. The summed E-state index contributed by atoms with van der Waals surface area (Å²) in [5.74, 6) is 0.855. The van der Waals surface area contributed by atoms with Crippen LogP contribution in [-0.2, 0) is 16.6 Å². The number of amides is 2. The summed E-state index contributed by atoms with van der Waals surface area (Å²) in [4.78, 5) is 32.6. The number of halogens is 1. The van der Waals surface area contributed by atoms with Crippen LogP contribution in [0.25, 0.3) is 0 Å². The SMILES string of the molecule is Cl.Cn1ccnc1C1CNCCN1CC(=O)NCC(=O)N1CCCC1. The first-order valence-corrected chi connectivity index (χ1v) is 8.61. The van der Waals surface area contributed by atoms with Crippen LogP contribution in [0.4, 0.5) is 0 Å². The second-order valence-corrected chi connectivity index (χ2v) is 6.45. The number of carbonyl (C=O) groups excluding carboxylic acids is 2. The molecule has 0 radical (unpaired) electrons. The van der Waals surface area contributed by atoms with Crippen LogP contribution in [0, 0.1) is 0 Å². The molecule has 9 heteroatoms. The predicted molar refractivity (Wildman–Crippen MR) is 96.5 cm³/mol. The fourth-order valence-corrected chi connectivity index (χ4v) is 3.38. The average molecular weight is 371 g/mol. The molecule has 2 fully saturated rings. The van der Waals surface area contributed by atoms with Crippen LogP contribution < -0.4 is 10.6 Å². The number of carbonyl (C=O) groups is 2. The third-order valence-corrected chi connectivity index (χ3v) is 4.75. The van der Waals surface area contributed by atoms with Crippen molar-refractivity contribution >= 4 is 24.2 Å². The number of nitrogens with one attached hydrogen (secondary N) is 2. The molecule has 2 N–H and O–H groups in total. The summed E-state index contributed by atoms with van der Waals surface area (Å²) < 4.78 is 1.99. The van der Waals surface area contributed by atoms with Crippen molar-refractivity contribution in [3.8, 4) is 0 Å². The lowest BCUT2D eigenvalue weighted by Gasteiger charge is -2.35. The van der Waals surface area contributed by atoms with Gasteiger partial charge in [0.25, 0.3) is 0 Å². The number of aryl methyl sites for hydroxylation is 1. The van der Waals surface area contributed by atoms with Crippen LogP contribution in [-0.4, -0.2) is 77.0 Å². The Hall–Kier alpha value is -1.64. The molecule has 0 spiro atoms. The van der Waals surface area contributed by atoms with Gasteiger partial charge in [-0.15, -0.1) is 12.4 Å². The lowest BCUT2D eigenvalue weighted by atomic mass is 10.1. The lowest BCUT2D eigenvalue weighted by Crippen LogP contribution is -2.51. The van der Waals surface area contributed by atoms with Gasteiger partial charge in [-0.25, -0.2) is 4.98 Å². The van der Waals surface area contributed by atoms with Crippen molar-refractivity contribution in [1.29, 1.82) is 0 Å². The number of rotatable bonds is 5. The third-order valence-electron chi connectivity index (χ3n) is 4.75. The zero-order chi connectivity index (χ0) is 16.9. The van der Waals surface area contributed by atoms with E-state index in [1.54, 1.807) is 6.20 Å². The van der Waals surface area contributed by atoms with Gasteiger partial charge in [-0.05, 0) is 12.8 Å². The Morgan fingerprint density at radius 1 is 1.32 bits per heavy atom. The molecule has 0 bridgehead atoms. The Kier molecular flexibility index (Phi) is 7.22. The summed E-state index contributed by atoms with van der Waals surface area (Å²) in [5, 5.41) is 6.12. The van der Waals surface area contributed by atoms with Crippen molar-refractivity contribution < 1.29 is 9.59 Å². The van der Waals surface area contributed by atoms with E-state index < -0.39 is 0 Å². The highest BCUT2D eigenvalue weighted by molar-refractivity contribution is 5.86. The molecule has 1 unspecified atom stereocenters. The minimum absolute atomic E-state index is 0. The molecule has 2 saturated heterocycles. The van der Waals surface area contributed by atoms with E-state index in [4.69, 9.17) is 0 Å². The maximum absolute atomic E-state index is 12.3. The zero-order valence-electron chi connectivity index (χ0n) is 14.6. The zero-order valence-corrected chi connectivity index (χ0v) is 15.4. The Morgan fingerprint density at radius 2 is 2.08 bits per heavy atom. The summed E-state index contributed by atoms with van der Waals surface area (Å²) in [7, 11) is 1.96. The molecule has 0 saturated carbocycles. The molecule has 0 aromatic carbocycles. The van der Waals surface area contributed by atoms with Gasteiger partial charge >= 0.3 is 0 Å². The molecule has 3 heterocycles. The fourth-order valence-electron chi connectivity index (χ4n) is 3.38. The first kappa shape index (κ1) is 19.7. The molecule has 0 aliphatic carbocycles. The summed E-state index contributed by atoms with van der Waals surface area (Å²) >= 11 is 0. The van der Waals surface area contributed by atoms with Gasteiger partial charge in [-0.2, -0.15) is 0 Å². The van der Waals surface area contributed by atoms with Gasteiger partial charge in [-0.1, -0.05) is 0 Å². The smallest absolute Gasteiger partial charge is 0.241 e. The molecular weight excluding hydrogens is 344 g/mol. The minimum atomic E-state index is -0.108. The maximum Gasteiger partial charge on any atom is 0.241 e. The number of hydrogen-bond donors (Lipinski definition) is 2. The molecule has 140 valence electrons. The topological polar surface area (TPSA) is 82.5 Å². The van der Waals surface area contributed by atoms with E-state index in [-0.39, 0.29) is 43.4 Å². The Bertz CT molecular complexity index is 587. The van der Waals surface area contributed by atoms with Crippen LogP contribution in [0.3, 0.4) is 0 Å². The second kappa shape index (κ2) is 9.17. The maximum atomic E-state index is 12.3. The van der Waals surface area contributed by atoms with Crippen molar-refractivity contribution in [2.24, 2.45) is 7.05 Å². The third kappa shape index (κ3) is 4.93. The van der Waals surface area contributed by atoms with Crippen molar-refractivity contribution in [2.45, 2.75) is 18.9 Å². The molecule has 3 rings (SSSR count). The molecule has 1 aromatic heterocycles. The highest BCUT2D eigenvalue weighted by atomic mass is 35.5. The number of aromatic nitrogens is 2. The van der Waals surface area contributed by atoms with Crippen LogP contribution in [0.2, 0.25) is 0 Å². The van der Waals surface area contributed by atoms with Gasteiger partial charge < -0.3 is 20.1 Å². The molecule has 2 amide bonds. The van der Waals surface area contributed by atoms with Gasteiger partial charge in [0.15, 0.2) is 0 Å². The standard InChI is InChI=1S/C16H26N6O2.ClH/c1-20-8-5-18-16(20)13-10-17-4-9-22(13)12-14(23)19-11-15(24)21-6-2-3-7-21;/h5,8,13,17H,2-4,6-7,9-12H2,1H3,(H,19,23);1H. The van der Waals surface area contributed by atoms with Gasteiger partial charge in [0.05, 0.1) is 19.1 Å².